The zero-order valence-electron chi connectivity index (χ0n) is 10.0. The standard InChI is InChI=1S/C13H12F4N2/c14-11-6-9(5-10(7-11)13(15,16)17)12(8-18)19-3-1-2-4-19/h5-7,12H,1-4H2. The molecule has 0 saturated carbocycles. The molecule has 2 nitrogen and oxygen atoms in total. The van der Waals surface area contributed by atoms with Gasteiger partial charge in [0.1, 0.15) is 11.9 Å². The van der Waals surface area contributed by atoms with E-state index in [-0.39, 0.29) is 5.56 Å². The molecule has 1 fully saturated rings. The van der Waals surface area contributed by atoms with Crippen LogP contribution in [0.4, 0.5) is 17.6 Å². The summed E-state index contributed by atoms with van der Waals surface area (Å²) in [6, 6.07) is 3.44. The molecule has 0 aliphatic carbocycles. The van der Waals surface area contributed by atoms with E-state index in [9.17, 15) is 17.6 Å². The summed E-state index contributed by atoms with van der Waals surface area (Å²) in [5.74, 6) is -0.968. The fraction of sp³-hybridized carbons (Fsp3) is 0.462. The van der Waals surface area contributed by atoms with Gasteiger partial charge in [-0.15, -0.1) is 0 Å². The molecule has 0 bridgehead atoms. The number of halogens is 4. The quantitative estimate of drug-likeness (QED) is 0.770. The molecule has 1 atom stereocenters. The Hall–Kier alpha value is -1.61. The van der Waals surface area contributed by atoms with Crippen LogP contribution in [-0.4, -0.2) is 18.0 Å². The molecular weight excluding hydrogens is 260 g/mol. The van der Waals surface area contributed by atoms with Crippen molar-refractivity contribution < 1.29 is 17.6 Å². The first kappa shape index (κ1) is 13.8. The second kappa shape index (κ2) is 5.17. The molecule has 1 unspecified atom stereocenters. The van der Waals surface area contributed by atoms with Crippen molar-refractivity contribution >= 4 is 0 Å². The zero-order valence-corrected chi connectivity index (χ0v) is 10.0. The number of likely N-dealkylation sites (tertiary alicyclic amines) is 1. The molecule has 102 valence electrons. The monoisotopic (exact) mass is 272 g/mol. The van der Waals surface area contributed by atoms with Crippen LogP contribution in [0.15, 0.2) is 18.2 Å². The minimum Gasteiger partial charge on any atom is -0.284 e. The maximum atomic E-state index is 13.3. The summed E-state index contributed by atoms with van der Waals surface area (Å²) < 4.78 is 51.2. The van der Waals surface area contributed by atoms with Crippen LogP contribution < -0.4 is 0 Å². The lowest BCUT2D eigenvalue weighted by atomic mass is 10.0. The molecule has 1 aliphatic rings. The fourth-order valence-corrected chi connectivity index (χ4v) is 2.30. The number of hydrogen-bond acceptors (Lipinski definition) is 2. The van der Waals surface area contributed by atoms with Crippen LogP contribution in [0.5, 0.6) is 0 Å². The lowest BCUT2D eigenvalue weighted by Crippen LogP contribution is -2.25. The summed E-state index contributed by atoms with van der Waals surface area (Å²) in [4.78, 5) is 1.77. The predicted molar refractivity (Wildman–Crippen MR) is 60.6 cm³/mol. The highest BCUT2D eigenvalue weighted by Crippen LogP contribution is 2.33. The number of rotatable bonds is 2. The zero-order chi connectivity index (χ0) is 14.0. The SMILES string of the molecule is N#CC(c1cc(F)cc(C(F)(F)F)c1)N1CCCC1. The Morgan fingerprint density at radius 1 is 1.16 bits per heavy atom. The van der Waals surface area contributed by atoms with Gasteiger partial charge in [0, 0.05) is 0 Å². The van der Waals surface area contributed by atoms with E-state index >= 15 is 0 Å². The summed E-state index contributed by atoms with van der Waals surface area (Å²) in [5.41, 5.74) is -0.987. The predicted octanol–water partition coefficient (Wildman–Crippen LogP) is 3.50. The second-order valence-corrected chi connectivity index (χ2v) is 4.55. The van der Waals surface area contributed by atoms with E-state index in [0.717, 1.165) is 25.0 Å². The summed E-state index contributed by atoms with van der Waals surface area (Å²) in [5, 5.41) is 9.13. The highest BCUT2D eigenvalue weighted by atomic mass is 19.4. The average Bonchev–Trinajstić information content (AvgIpc) is 2.82. The van der Waals surface area contributed by atoms with Gasteiger partial charge in [-0.3, -0.25) is 4.90 Å². The minimum absolute atomic E-state index is 0.0664. The number of nitriles is 1. The molecule has 2 rings (SSSR count). The van der Waals surface area contributed by atoms with E-state index in [1.807, 2.05) is 6.07 Å². The van der Waals surface area contributed by atoms with Crippen molar-refractivity contribution in [2.24, 2.45) is 0 Å². The number of nitrogens with zero attached hydrogens (tertiary/aromatic N) is 2. The fourth-order valence-electron chi connectivity index (χ4n) is 2.30. The number of hydrogen-bond donors (Lipinski definition) is 0. The molecule has 19 heavy (non-hydrogen) atoms. The van der Waals surface area contributed by atoms with Gasteiger partial charge in [-0.25, -0.2) is 4.39 Å². The third-order valence-electron chi connectivity index (χ3n) is 3.19. The number of alkyl halides is 3. The molecule has 1 heterocycles. The Morgan fingerprint density at radius 3 is 2.32 bits per heavy atom. The van der Waals surface area contributed by atoms with Gasteiger partial charge in [0.15, 0.2) is 0 Å². The van der Waals surface area contributed by atoms with Crippen molar-refractivity contribution in [2.45, 2.75) is 25.1 Å². The third kappa shape index (κ3) is 3.04. The first-order valence-electron chi connectivity index (χ1n) is 5.93. The Labute approximate surface area is 108 Å². The van der Waals surface area contributed by atoms with Gasteiger partial charge in [0.2, 0.25) is 0 Å². The number of benzene rings is 1. The molecule has 0 spiro atoms. The highest BCUT2D eigenvalue weighted by Gasteiger charge is 2.33. The molecule has 0 aromatic heterocycles. The Bertz CT molecular complexity index is 498. The molecule has 0 amide bonds. The van der Waals surface area contributed by atoms with Gasteiger partial charge in [-0.1, -0.05) is 0 Å². The van der Waals surface area contributed by atoms with E-state index in [1.165, 1.54) is 0 Å². The van der Waals surface area contributed by atoms with Gasteiger partial charge in [0.05, 0.1) is 11.6 Å². The summed E-state index contributed by atoms with van der Waals surface area (Å²) >= 11 is 0. The third-order valence-corrected chi connectivity index (χ3v) is 3.19. The first-order chi connectivity index (χ1) is 8.91. The average molecular weight is 272 g/mol. The van der Waals surface area contributed by atoms with E-state index in [2.05, 4.69) is 0 Å². The smallest absolute Gasteiger partial charge is 0.284 e. The Morgan fingerprint density at radius 2 is 1.79 bits per heavy atom. The topological polar surface area (TPSA) is 27.0 Å². The van der Waals surface area contributed by atoms with E-state index in [4.69, 9.17) is 5.26 Å². The lowest BCUT2D eigenvalue weighted by Gasteiger charge is -2.22. The van der Waals surface area contributed by atoms with Crippen LogP contribution in [0.3, 0.4) is 0 Å². The van der Waals surface area contributed by atoms with Crippen LogP contribution in [0, 0.1) is 17.1 Å². The van der Waals surface area contributed by atoms with Crippen molar-refractivity contribution in [3.8, 4) is 6.07 Å². The summed E-state index contributed by atoms with van der Waals surface area (Å²) in [7, 11) is 0. The van der Waals surface area contributed by atoms with E-state index in [1.54, 1.807) is 4.90 Å². The largest absolute Gasteiger partial charge is 0.416 e. The van der Waals surface area contributed by atoms with E-state index in [0.29, 0.717) is 19.2 Å². The summed E-state index contributed by atoms with van der Waals surface area (Å²) in [6.45, 7) is 1.30. The molecular formula is C13H12F4N2. The van der Waals surface area contributed by atoms with Gasteiger partial charge in [0.25, 0.3) is 0 Å². The van der Waals surface area contributed by atoms with Gasteiger partial charge in [-0.2, -0.15) is 18.4 Å². The van der Waals surface area contributed by atoms with Crippen LogP contribution in [0.2, 0.25) is 0 Å². The summed E-state index contributed by atoms with van der Waals surface area (Å²) in [6.07, 6.45) is -2.80. The maximum Gasteiger partial charge on any atom is 0.416 e. The molecule has 1 aromatic carbocycles. The Kier molecular flexibility index (Phi) is 3.76. The molecule has 6 heteroatoms. The Balaban J connectivity index is 2.38. The normalized spacial score (nSPS) is 18.3. The molecule has 1 aliphatic heterocycles. The van der Waals surface area contributed by atoms with Gasteiger partial charge in [-0.05, 0) is 49.7 Å². The lowest BCUT2D eigenvalue weighted by molar-refractivity contribution is -0.137. The van der Waals surface area contributed by atoms with Crippen LogP contribution >= 0.6 is 0 Å². The maximum absolute atomic E-state index is 13.3. The van der Waals surface area contributed by atoms with Crippen molar-refractivity contribution in [1.29, 1.82) is 5.26 Å². The molecule has 0 N–H and O–H groups in total. The van der Waals surface area contributed by atoms with E-state index < -0.39 is 23.6 Å². The van der Waals surface area contributed by atoms with Crippen molar-refractivity contribution in [2.75, 3.05) is 13.1 Å². The minimum atomic E-state index is -4.61. The second-order valence-electron chi connectivity index (χ2n) is 4.55. The molecule has 0 radical (unpaired) electrons. The molecule has 1 aromatic rings. The molecule has 1 saturated heterocycles. The first-order valence-corrected chi connectivity index (χ1v) is 5.93. The van der Waals surface area contributed by atoms with Crippen molar-refractivity contribution in [3.63, 3.8) is 0 Å². The van der Waals surface area contributed by atoms with Gasteiger partial charge < -0.3 is 0 Å². The van der Waals surface area contributed by atoms with Crippen LogP contribution in [0.1, 0.15) is 30.0 Å². The highest BCUT2D eigenvalue weighted by molar-refractivity contribution is 5.32. The van der Waals surface area contributed by atoms with Crippen molar-refractivity contribution in [1.82, 2.24) is 4.90 Å². The van der Waals surface area contributed by atoms with Crippen LogP contribution in [0.25, 0.3) is 0 Å². The van der Waals surface area contributed by atoms with Crippen molar-refractivity contribution in [3.05, 3.63) is 35.1 Å². The van der Waals surface area contributed by atoms with Gasteiger partial charge >= 0.3 is 6.18 Å². The van der Waals surface area contributed by atoms with Crippen LogP contribution in [-0.2, 0) is 6.18 Å².